The lowest BCUT2D eigenvalue weighted by molar-refractivity contribution is 0.132. The lowest BCUT2D eigenvalue weighted by atomic mass is 10.0. The van der Waals surface area contributed by atoms with Gasteiger partial charge in [-0.25, -0.2) is 14.2 Å². The molecule has 0 aliphatic carbocycles. The van der Waals surface area contributed by atoms with Gasteiger partial charge >= 0.3 is 6.09 Å². The zero-order valence-electron chi connectivity index (χ0n) is 16.0. The van der Waals surface area contributed by atoms with Crippen LogP contribution < -0.4 is 4.74 Å². The Morgan fingerprint density at radius 3 is 2.66 bits per heavy atom. The number of pyridine rings is 1. The third-order valence-electron chi connectivity index (χ3n) is 4.89. The van der Waals surface area contributed by atoms with Crippen molar-refractivity contribution in [2.45, 2.75) is 26.2 Å². The summed E-state index contributed by atoms with van der Waals surface area (Å²) < 4.78 is 24.5. The van der Waals surface area contributed by atoms with Gasteiger partial charge in [0.1, 0.15) is 18.5 Å². The molecule has 1 saturated heterocycles. The van der Waals surface area contributed by atoms with Crippen molar-refractivity contribution >= 4 is 6.09 Å². The maximum atomic E-state index is 13.3. The van der Waals surface area contributed by atoms with Crippen molar-refractivity contribution in [2.75, 3.05) is 6.54 Å². The van der Waals surface area contributed by atoms with E-state index in [0.29, 0.717) is 25.6 Å². The molecular weight excluding hydrogens is 371 g/mol. The van der Waals surface area contributed by atoms with Crippen LogP contribution in [0.3, 0.4) is 0 Å². The summed E-state index contributed by atoms with van der Waals surface area (Å²) >= 11 is 0. The monoisotopic (exact) mass is 392 g/mol. The van der Waals surface area contributed by atoms with Crippen LogP contribution in [0.5, 0.6) is 5.88 Å². The Morgan fingerprint density at radius 1 is 1.14 bits per heavy atom. The molecule has 1 fully saturated rings. The van der Waals surface area contributed by atoms with Gasteiger partial charge in [-0.05, 0) is 47.4 Å². The first-order valence-electron chi connectivity index (χ1n) is 9.42. The molecule has 6 heteroatoms. The van der Waals surface area contributed by atoms with E-state index in [0.717, 1.165) is 22.3 Å². The fourth-order valence-electron chi connectivity index (χ4n) is 3.35. The molecule has 148 valence electrons. The molecule has 5 nitrogen and oxygen atoms in total. The second-order valence-corrected chi connectivity index (χ2v) is 7.03. The Labute approximate surface area is 168 Å². The van der Waals surface area contributed by atoms with Crippen LogP contribution >= 0.6 is 0 Å². The number of carbonyl (C=O) groups excluding carboxylic acids is 1. The van der Waals surface area contributed by atoms with E-state index in [-0.39, 0.29) is 18.0 Å². The molecule has 1 aliphatic heterocycles. The number of carbonyl (C=O) groups is 1. The summed E-state index contributed by atoms with van der Waals surface area (Å²) in [5.74, 6) is 0.290. The topological polar surface area (TPSA) is 51.7 Å². The smallest absolute Gasteiger partial charge is 0.410 e. The van der Waals surface area contributed by atoms with Gasteiger partial charge in [0.2, 0.25) is 5.88 Å². The zero-order chi connectivity index (χ0) is 20.2. The summed E-state index contributed by atoms with van der Waals surface area (Å²) in [5, 5.41) is 0. The number of hydrogen-bond donors (Lipinski definition) is 0. The van der Waals surface area contributed by atoms with Crippen LogP contribution in [0.4, 0.5) is 9.18 Å². The fraction of sp³-hybridized carbons (Fsp3) is 0.217. The van der Waals surface area contributed by atoms with Crippen LogP contribution in [-0.2, 0) is 17.9 Å². The van der Waals surface area contributed by atoms with E-state index in [9.17, 15) is 9.18 Å². The fourth-order valence-corrected chi connectivity index (χ4v) is 3.35. The minimum absolute atomic E-state index is 0.292. The lowest BCUT2D eigenvalue weighted by Gasteiger charge is -2.14. The molecule has 1 atom stereocenters. The maximum absolute atomic E-state index is 13.3. The van der Waals surface area contributed by atoms with Crippen molar-refractivity contribution < 1.29 is 18.7 Å². The van der Waals surface area contributed by atoms with Crippen LogP contribution in [-0.4, -0.2) is 22.5 Å². The molecule has 29 heavy (non-hydrogen) atoms. The molecular formula is C23H21FN2O3. The SMILES string of the molecule is Cc1cc(F)ccc1C1CN(Cc2ccc(COc3ccccn3)cc2)C(=O)O1. The molecule has 2 aromatic carbocycles. The van der Waals surface area contributed by atoms with Crippen molar-refractivity contribution in [2.24, 2.45) is 0 Å². The Morgan fingerprint density at radius 2 is 1.93 bits per heavy atom. The zero-order valence-corrected chi connectivity index (χ0v) is 16.0. The van der Waals surface area contributed by atoms with Gasteiger partial charge < -0.3 is 9.47 Å². The quantitative estimate of drug-likeness (QED) is 0.605. The molecule has 0 spiro atoms. The summed E-state index contributed by atoms with van der Waals surface area (Å²) in [7, 11) is 0. The highest BCUT2D eigenvalue weighted by molar-refractivity contribution is 5.70. The number of aromatic nitrogens is 1. The number of amides is 1. The van der Waals surface area contributed by atoms with Gasteiger partial charge in [0.25, 0.3) is 0 Å². The normalized spacial score (nSPS) is 16.0. The number of halogens is 1. The van der Waals surface area contributed by atoms with Gasteiger partial charge in [0, 0.05) is 18.8 Å². The molecule has 0 saturated carbocycles. The third-order valence-corrected chi connectivity index (χ3v) is 4.89. The Bertz CT molecular complexity index is 993. The van der Waals surface area contributed by atoms with Gasteiger partial charge in [-0.2, -0.15) is 0 Å². The minimum atomic E-state index is -0.380. The summed E-state index contributed by atoms with van der Waals surface area (Å²) in [6.07, 6.45) is 0.948. The molecule has 2 heterocycles. The number of ether oxygens (including phenoxy) is 2. The minimum Gasteiger partial charge on any atom is -0.473 e. The van der Waals surface area contributed by atoms with Crippen molar-refractivity contribution in [3.63, 3.8) is 0 Å². The Kier molecular flexibility index (Phi) is 5.42. The van der Waals surface area contributed by atoms with E-state index in [2.05, 4.69) is 4.98 Å². The van der Waals surface area contributed by atoms with E-state index >= 15 is 0 Å². The highest BCUT2D eigenvalue weighted by atomic mass is 19.1. The second-order valence-electron chi connectivity index (χ2n) is 7.03. The van der Waals surface area contributed by atoms with Gasteiger partial charge in [-0.1, -0.05) is 36.4 Å². The number of aryl methyl sites for hydroxylation is 1. The Balaban J connectivity index is 1.36. The van der Waals surface area contributed by atoms with Gasteiger partial charge in [0.15, 0.2) is 0 Å². The van der Waals surface area contributed by atoms with Crippen molar-refractivity contribution in [1.29, 1.82) is 0 Å². The maximum Gasteiger partial charge on any atom is 0.410 e. The average Bonchev–Trinajstić information content (AvgIpc) is 3.08. The highest BCUT2D eigenvalue weighted by Crippen LogP contribution is 2.29. The molecule has 3 aromatic rings. The Hall–Kier alpha value is -3.41. The third kappa shape index (κ3) is 4.54. The number of benzene rings is 2. The van der Waals surface area contributed by atoms with Crippen LogP contribution in [0.1, 0.15) is 28.4 Å². The molecule has 0 N–H and O–H groups in total. The highest BCUT2D eigenvalue weighted by Gasteiger charge is 2.33. The molecule has 4 rings (SSSR count). The van der Waals surface area contributed by atoms with Gasteiger partial charge in [-0.3, -0.25) is 4.90 Å². The first-order valence-corrected chi connectivity index (χ1v) is 9.42. The molecule has 1 aromatic heterocycles. The summed E-state index contributed by atoms with van der Waals surface area (Å²) in [6, 6.07) is 18.0. The predicted molar refractivity (Wildman–Crippen MR) is 106 cm³/mol. The summed E-state index contributed by atoms with van der Waals surface area (Å²) in [5.41, 5.74) is 3.63. The standard InChI is InChI=1S/C23H21FN2O3/c1-16-12-19(24)9-10-20(16)21-14-26(23(27)29-21)13-17-5-7-18(8-6-17)15-28-22-4-2-3-11-25-22/h2-12,21H,13-15H2,1H3. The average molecular weight is 392 g/mol. The van der Waals surface area contributed by atoms with Crippen LogP contribution in [0.2, 0.25) is 0 Å². The second kappa shape index (κ2) is 8.31. The van der Waals surface area contributed by atoms with Crippen molar-refractivity contribution in [3.05, 3.63) is 94.9 Å². The van der Waals surface area contributed by atoms with Crippen LogP contribution in [0.25, 0.3) is 0 Å². The van der Waals surface area contributed by atoms with E-state index in [1.54, 1.807) is 17.2 Å². The molecule has 1 amide bonds. The summed E-state index contributed by atoms with van der Waals surface area (Å²) in [6.45, 7) is 3.14. The number of rotatable bonds is 6. The first kappa shape index (κ1) is 18.9. The van der Waals surface area contributed by atoms with E-state index in [4.69, 9.17) is 9.47 Å². The number of hydrogen-bond acceptors (Lipinski definition) is 4. The van der Waals surface area contributed by atoms with Crippen LogP contribution in [0, 0.1) is 12.7 Å². The van der Waals surface area contributed by atoms with E-state index in [1.807, 2.05) is 49.4 Å². The number of nitrogens with zero attached hydrogens (tertiary/aromatic N) is 2. The molecule has 0 bridgehead atoms. The molecule has 1 aliphatic rings. The first-order chi connectivity index (χ1) is 14.1. The predicted octanol–water partition coefficient (Wildman–Crippen LogP) is 4.80. The summed E-state index contributed by atoms with van der Waals surface area (Å²) in [4.78, 5) is 18.1. The van der Waals surface area contributed by atoms with Gasteiger partial charge in [0.05, 0.1) is 6.54 Å². The molecule has 1 unspecified atom stereocenters. The number of cyclic esters (lactones) is 1. The molecule has 0 radical (unpaired) electrons. The van der Waals surface area contributed by atoms with E-state index in [1.165, 1.54) is 12.1 Å². The van der Waals surface area contributed by atoms with Crippen molar-refractivity contribution in [1.82, 2.24) is 9.88 Å². The van der Waals surface area contributed by atoms with Gasteiger partial charge in [-0.15, -0.1) is 0 Å². The lowest BCUT2D eigenvalue weighted by Crippen LogP contribution is -2.23. The van der Waals surface area contributed by atoms with E-state index < -0.39 is 0 Å². The van der Waals surface area contributed by atoms with Crippen LogP contribution in [0.15, 0.2) is 66.9 Å². The largest absolute Gasteiger partial charge is 0.473 e. The van der Waals surface area contributed by atoms with Crippen molar-refractivity contribution in [3.8, 4) is 5.88 Å².